The molecule has 2 aromatic carbocycles. The molecule has 0 spiro atoms. The molecule has 1 atom stereocenters. The first-order valence-electron chi connectivity index (χ1n) is 10.4. The number of rotatable bonds is 7. The summed E-state index contributed by atoms with van der Waals surface area (Å²) >= 11 is 0. The van der Waals surface area contributed by atoms with Crippen molar-refractivity contribution < 1.29 is 9.47 Å². The van der Waals surface area contributed by atoms with Gasteiger partial charge in [-0.05, 0) is 61.8 Å². The van der Waals surface area contributed by atoms with Gasteiger partial charge in [-0.25, -0.2) is 0 Å². The van der Waals surface area contributed by atoms with Gasteiger partial charge in [-0.15, -0.1) is 0 Å². The van der Waals surface area contributed by atoms with E-state index in [1.165, 1.54) is 12.8 Å². The van der Waals surface area contributed by atoms with Gasteiger partial charge in [0.1, 0.15) is 11.5 Å². The van der Waals surface area contributed by atoms with Crippen LogP contribution in [0.4, 0.5) is 0 Å². The Morgan fingerprint density at radius 1 is 0.900 bits per heavy atom. The smallest absolute Gasteiger partial charge is 0.259 e. The van der Waals surface area contributed by atoms with Crippen molar-refractivity contribution in [2.24, 2.45) is 0 Å². The van der Waals surface area contributed by atoms with Gasteiger partial charge in [-0.1, -0.05) is 30.3 Å². The van der Waals surface area contributed by atoms with Gasteiger partial charge in [0.2, 0.25) is 0 Å². The van der Waals surface area contributed by atoms with Crippen LogP contribution in [0.15, 0.2) is 71.7 Å². The predicted octanol–water partition coefficient (Wildman–Crippen LogP) is 4.22. The fourth-order valence-electron chi connectivity index (χ4n) is 4.22. The molecule has 1 fully saturated rings. The number of ether oxygens (including phenoxy) is 2. The van der Waals surface area contributed by atoms with Crippen molar-refractivity contribution >= 4 is 0 Å². The van der Waals surface area contributed by atoms with E-state index in [4.69, 9.17) is 9.47 Å². The average Bonchev–Trinajstić information content (AvgIpc) is 3.31. The number of methoxy groups -OCH3 is 2. The molecule has 1 aliphatic rings. The standard InChI is InChI=1S/C25H28N2O3/c1-29-20-12-13-24(30-2)22(17-20)21-11-8-16-27(25(21)28)23(18-26-14-6-7-15-26)19-9-4-3-5-10-19/h3-5,8-13,16-17,23H,6-7,14-15,18H2,1-2H3. The van der Waals surface area contributed by atoms with Gasteiger partial charge in [0, 0.05) is 18.3 Å². The van der Waals surface area contributed by atoms with E-state index >= 15 is 0 Å². The highest BCUT2D eigenvalue weighted by molar-refractivity contribution is 5.71. The molecule has 5 nitrogen and oxygen atoms in total. The summed E-state index contributed by atoms with van der Waals surface area (Å²) in [6, 6.07) is 19.6. The molecule has 4 rings (SSSR count). The lowest BCUT2D eigenvalue weighted by atomic mass is 10.0. The van der Waals surface area contributed by atoms with Crippen LogP contribution in [0, 0.1) is 0 Å². The maximum absolute atomic E-state index is 13.7. The molecule has 0 aliphatic carbocycles. The molecule has 1 saturated heterocycles. The molecule has 30 heavy (non-hydrogen) atoms. The molecule has 0 radical (unpaired) electrons. The number of hydrogen-bond donors (Lipinski definition) is 0. The summed E-state index contributed by atoms with van der Waals surface area (Å²) in [4.78, 5) is 16.1. The van der Waals surface area contributed by atoms with E-state index in [1.54, 1.807) is 14.2 Å². The third kappa shape index (κ3) is 4.12. The van der Waals surface area contributed by atoms with Crippen LogP contribution in [0.3, 0.4) is 0 Å². The van der Waals surface area contributed by atoms with Crippen molar-refractivity contribution in [3.63, 3.8) is 0 Å². The fraction of sp³-hybridized carbons (Fsp3) is 0.320. The van der Waals surface area contributed by atoms with Crippen molar-refractivity contribution in [3.8, 4) is 22.6 Å². The van der Waals surface area contributed by atoms with Gasteiger partial charge in [-0.3, -0.25) is 4.79 Å². The van der Waals surface area contributed by atoms with E-state index in [2.05, 4.69) is 17.0 Å². The predicted molar refractivity (Wildman–Crippen MR) is 119 cm³/mol. The molecule has 0 saturated carbocycles. The fourth-order valence-corrected chi connectivity index (χ4v) is 4.22. The summed E-state index contributed by atoms with van der Waals surface area (Å²) < 4.78 is 12.8. The van der Waals surface area contributed by atoms with E-state index in [0.717, 1.165) is 30.8 Å². The Bertz CT molecular complexity index is 1040. The van der Waals surface area contributed by atoms with Crippen LogP contribution in [0.5, 0.6) is 11.5 Å². The minimum Gasteiger partial charge on any atom is -0.497 e. The SMILES string of the molecule is COc1ccc(OC)c(-c2cccn(C(CN3CCCC3)c3ccccc3)c2=O)c1. The second-order valence-electron chi connectivity index (χ2n) is 7.63. The molecule has 2 heterocycles. The maximum atomic E-state index is 13.7. The molecule has 156 valence electrons. The highest BCUT2D eigenvalue weighted by Gasteiger charge is 2.23. The summed E-state index contributed by atoms with van der Waals surface area (Å²) in [6.45, 7) is 2.99. The quantitative estimate of drug-likeness (QED) is 0.591. The van der Waals surface area contributed by atoms with Crippen molar-refractivity contribution in [1.29, 1.82) is 0 Å². The minimum absolute atomic E-state index is 0.0305. The normalized spacial score (nSPS) is 15.1. The third-order valence-corrected chi connectivity index (χ3v) is 5.82. The average molecular weight is 405 g/mol. The molecule has 0 N–H and O–H groups in total. The van der Waals surface area contributed by atoms with Crippen LogP contribution >= 0.6 is 0 Å². The van der Waals surface area contributed by atoms with E-state index < -0.39 is 0 Å². The Morgan fingerprint density at radius 2 is 1.67 bits per heavy atom. The van der Waals surface area contributed by atoms with E-state index in [9.17, 15) is 4.79 Å². The molecule has 1 aliphatic heterocycles. The molecule has 3 aromatic rings. The van der Waals surface area contributed by atoms with Gasteiger partial charge in [0.05, 0.1) is 25.8 Å². The van der Waals surface area contributed by atoms with Crippen LogP contribution in [0.25, 0.3) is 11.1 Å². The van der Waals surface area contributed by atoms with Crippen LogP contribution in [0.1, 0.15) is 24.4 Å². The van der Waals surface area contributed by atoms with Crippen molar-refractivity contribution in [2.45, 2.75) is 18.9 Å². The molecule has 1 unspecified atom stereocenters. The molecular weight excluding hydrogens is 376 g/mol. The zero-order chi connectivity index (χ0) is 20.9. The molecule has 0 bridgehead atoms. The Hall–Kier alpha value is -3.05. The third-order valence-electron chi connectivity index (χ3n) is 5.82. The lowest BCUT2D eigenvalue weighted by Gasteiger charge is -2.26. The first-order valence-corrected chi connectivity index (χ1v) is 10.4. The van der Waals surface area contributed by atoms with E-state index in [0.29, 0.717) is 17.1 Å². The Labute approximate surface area is 177 Å². The van der Waals surface area contributed by atoms with Crippen LogP contribution < -0.4 is 15.0 Å². The Morgan fingerprint density at radius 3 is 2.37 bits per heavy atom. The number of hydrogen-bond acceptors (Lipinski definition) is 4. The summed E-state index contributed by atoms with van der Waals surface area (Å²) in [5, 5.41) is 0. The van der Waals surface area contributed by atoms with Crippen LogP contribution in [-0.4, -0.2) is 43.3 Å². The number of pyridine rings is 1. The zero-order valence-corrected chi connectivity index (χ0v) is 17.6. The number of likely N-dealkylation sites (tertiary alicyclic amines) is 1. The first kappa shape index (κ1) is 20.2. The minimum atomic E-state index is -0.0478. The largest absolute Gasteiger partial charge is 0.497 e. The molecule has 5 heteroatoms. The number of nitrogens with zero attached hydrogens (tertiary/aromatic N) is 2. The molecular formula is C25H28N2O3. The lowest BCUT2D eigenvalue weighted by molar-refractivity contribution is 0.295. The van der Waals surface area contributed by atoms with Crippen LogP contribution in [-0.2, 0) is 0 Å². The number of aromatic nitrogens is 1. The van der Waals surface area contributed by atoms with E-state index in [-0.39, 0.29) is 11.6 Å². The summed E-state index contributed by atoms with van der Waals surface area (Å²) in [6.07, 6.45) is 4.33. The summed E-state index contributed by atoms with van der Waals surface area (Å²) in [5.74, 6) is 1.35. The van der Waals surface area contributed by atoms with Gasteiger partial charge in [0.25, 0.3) is 5.56 Å². The highest BCUT2D eigenvalue weighted by atomic mass is 16.5. The first-order chi connectivity index (χ1) is 14.7. The van der Waals surface area contributed by atoms with Crippen molar-refractivity contribution in [2.75, 3.05) is 33.9 Å². The molecule has 0 amide bonds. The molecule has 1 aromatic heterocycles. The maximum Gasteiger partial charge on any atom is 0.259 e. The summed E-state index contributed by atoms with van der Waals surface area (Å²) in [5.41, 5.74) is 2.46. The highest BCUT2D eigenvalue weighted by Crippen LogP contribution is 2.32. The number of benzene rings is 2. The topological polar surface area (TPSA) is 43.7 Å². The Balaban J connectivity index is 1.81. The van der Waals surface area contributed by atoms with Gasteiger partial charge in [-0.2, -0.15) is 0 Å². The monoisotopic (exact) mass is 404 g/mol. The van der Waals surface area contributed by atoms with E-state index in [1.807, 2.05) is 59.3 Å². The van der Waals surface area contributed by atoms with Crippen LogP contribution in [0.2, 0.25) is 0 Å². The summed E-state index contributed by atoms with van der Waals surface area (Å²) in [7, 11) is 3.24. The van der Waals surface area contributed by atoms with Crippen molar-refractivity contribution in [1.82, 2.24) is 9.47 Å². The van der Waals surface area contributed by atoms with Gasteiger partial charge in [0.15, 0.2) is 0 Å². The lowest BCUT2D eigenvalue weighted by Crippen LogP contribution is -2.34. The van der Waals surface area contributed by atoms with Gasteiger partial charge >= 0.3 is 0 Å². The second-order valence-corrected chi connectivity index (χ2v) is 7.63. The Kier molecular flexibility index (Phi) is 6.19. The van der Waals surface area contributed by atoms with Gasteiger partial charge < -0.3 is 18.9 Å². The van der Waals surface area contributed by atoms with Crippen molar-refractivity contribution in [3.05, 3.63) is 82.8 Å². The second kappa shape index (κ2) is 9.18. The zero-order valence-electron chi connectivity index (χ0n) is 17.6.